The highest BCUT2D eigenvalue weighted by Crippen LogP contribution is 2.32. The number of benzene rings is 3. The monoisotopic (exact) mass is 437 g/mol. The fourth-order valence-electron chi connectivity index (χ4n) is 3.97. The Hall–Kier alpha value is -4.39. The Labute approximate surface area is 190 Å². The number of anilines is 1. The largest absolute Gasteiger partial charge is 0.497 e. The Kier molecular flexibility index (Phi) is 5.14. The fourth-order valence-corrected chi connectivity index (χ4v) is 3.97. The molecule has 0 fully saturated rings. The maximum absolute atomic E-state index is 13.5. The maximum atomic E-state index is 13.5. The molecule has 0 spiro atoms. The van der Waals surface area contributed by atoms with Crippen LogP contribution >= 0.6 is 0 Å². The lowest BCUT2D eigenvalue weighted by Crippen LogP contribution is -2.27. The lowest BCUT2D eigenvalue weighted by Gasteiger charge is -2.14. The topological polar surface area (TPSA) is 95.1 Å². The molecule has 7 heteroatoms. The van der Waals surface area contributed by atoms with Crippen molar-refractivity contribution in [1.82, 2.24) is 19.9 Å². The molecule has 2 aromatic heterocycles. The summed E-state index contributed by atoms with van der Waals surface area (Å²) in [6.45, 7) is 1.94. The Bertz CT molecular complexity index is 1460. The molecule has 7 nitrogen and oxygen atoms in total. The van der Waals surface area contributed by atoms with Gasteiger partial charge in [-0.3, -0.25) is 9.36 Å². The number of amides is 1. The SMILES string of the molecule is COc1ccc(-n2c(N)c(C(=O)N[C@H](C)c3ccccc3)c3nc4ccccc4nc32)cc1. The number of carbonyl (C=O) groups is 1. The molecule has 3 N–H and O–H groups in total. The predicted octanol–water partition coefficient (Wildman–Crippen LogP) is 4.66. The van der Waals surface area contributed by atoms with Gasteiger partial charge in [-0.1, -0.05) is 42.5 Å². The fraction of sp³-hybridized carbons (Fsp3) is 0.115. The van der Waals surface area contributed by atoms with Gasteiger partial charge in [-0.25, -0.2) is 9.97 Å². The summed E-state index contributed by atoms with van der Waals surface area (Å²) >= 11 is 0. The number of ether oxygens (including phenoxy) is 1. The van der Waals surface area contributed by atoms with E-state index in [0.29, 0.717) is 22.2 Å². The lowest BCUT2D eigenvalue weighted by molar-refractivity contribution is 0.0942. The van der Waals surface area contributed by atoms with E-state index in [2.05, 4.69) is 5.32 Å². The minimum Gasteiger partial charge on any atom is -0.497 e. The highest BCUT2D eigenvalue weighted by molar-refractivity contribution is 6.11. The third-order valence-corrected chi connectivity index (χ3v) is 5.70. The third-order valence-electron chi connectivity index (χ3n) is 5.70. The van der Waals surface area contributed by atoms with Crippen LogP contribution in [0.25, 0.3) is 27.9 Å². The number of nitrogens with zero attached hydrogens (tertiary/aromatic N) is 3. The van der Waals surface area contributed by atoms with Crippen LogP contribution < -0.4 is 15.8 Å². The van der Waals surface area contributed by atoms with Crippen LogP contribution in [0, 0.1) is 0 Å². The van der Waals surface area contributed by atoms with E-state index in [0.717, 1.165) is 22.5 Å². The Morgan fingerprint density at radius 2 is 1.58 bits per heavy atom. The molecule has 0 aliphatic rings. The molecule has 0 unspecified atom stereocenters. The molecule has 5 rings (SSSR count). The van der Waals surface area contributed by atoms with Gasteiger partial charge in [-0.2, -0.15) is 0 Å². The number of aromatic nitrogens is 3. The molecule has 5 aromatic rings. The van der Waals surface area contributed by atoms with Crippen LogP contribution in [-0.4, -0.2) is 27.6 Å². The Morgan fingerprint density at radius 3 is 2.24 bits per heavy atom. The molecule has 1 atom stereocenters. The van der Waals surface area contributed by atoms with Crippen LogP contribution in [0.1, 0.15) is 28.9 Å². The van der Waals surface area contributed by atoms with E-state index in [1.807, 2.05) is 85.8 Å². The summed E-state index contributed by atoms with van der Waals surface area (Å²) in [7, 11) is 1.61. The van der Waals surface area contributed by atoms with Crippen molar-refractivity contribution < 1.29 is 9.53 Å². The second-order valence-electron chi connectivity index (χ2n) is 7.78. The summed E-state index contributed by atoms with van der Waals surface area (Å²) in [6, 6.07) is 24.6. The van der Waals surface area contributed by atoms with E-state index in [1.54, 1.807) is 11.7 Å². The van der Waals surface area contributed by atoms with Gasteiger partial charge >= 0.3 is 0 Å². The van der Waals surface area contributed by atoms with E-state index < -0.39 is 0 Å². The van der Waals surface area contributed by atoms with Gasteiger partial charge in [0.15, 0.2) is 5.65 Å². The van der Waals surface area contributed by atoms with Crippen molar-refractivity contribution in [3.63, 3.8) is 0 Å². The number of carbonyl (C=O) groups excluding carboxylic acids is 1. The summed E-state index contributed by atoms with van der Waals surface area (Å²) in [5.74, 6) is 0.703. The zero-order chi connectivity index (χ0) is 22.9. The summed E-state index contributed by atoms with van der Waals surface area (Å²) in [6.07, 6.45) is 0. The second kappa shape index (κ2) is 8.27. The van der Waals surface area contributed by atoms with Gasteiger partial charge in [-0.15, -0.1) is 0 Å². The number of nitrogens with two attached hydrogens (primary N) is 1. The first-order valence-corrected chi connectivity index (χ1v) is 10.6. The molecule has 0 saturated heterocycles. The van der Waals surface area contributed by atoms with Gasteiger partial charge in [0.05, 0.1) is 24.2 Å². The molecule has 0 aliphatic carbocycles. The smallest absolute Gasteiger partial charge is 0.257 e. The van der Waals surface area contributed by atoms with Crippen molar-refractivity contribution in [1.29, 1.82) is 0 Å². The van der Waals surface area contributed by atoms with Crippen LogP contribution in [0.5, 0.6) is 5.75 Å². The molecule has 0 radical (unpaired) electrons. The van der Waals surface area contributed by atoms with E-state index >= 15 is 0 Å². The molecule has 3 aromatic carbocycles. The first-order chi connectivity index (χ1) is 16.1. The zero-order valence-electron chi connectivity index (χ0n) is 18.3. The minimum atomic E-state index is -0.300. The van der Waals surface area contributed by atoms with Gasteiger partial charge in [0.2, 0.25) is 0 Å². The number of hydrogen-bond acceptors (Lipinski definition) is 5. The van der Waals surface area contributed by atoms with Crippen molar-refractivity contribution in [3.05, 3.63) is 90.0 Å². The average molecular weight is 438 g/mol. The van der Waals surface area contributed by atoms with Crippen LogP contribution in [0.15, 0.2) is 78.9 Å². The standard InChI is InChI=1S/C26H23N5O2/c1-16(17-8-4-3-5-9-17)28-26(32)22-23-25(30-21-11-7-6-10-20(21)29-23)31(24(22)27)18-12-14-19(33-2)15-13-18/h3-16H,27H2,1-2H3,(H,28,32)/t16-/m1/s1. The van der Waals surface area contributed by atoms with Gasteiger partial charge in [0, 0.05) is 5.69 Å². The number of rotatable bonds is 5. The van der Waals surface area contributed by atoms with Crippen molar-refractivity contribution in [2.75, 3.05) is 12.8 Å². The first-order valence-electron chi connectivity index (χ1n) is 10.6. The summed E-state index contributed by atoms with van der Waals surface area (Å²) in [5, 5.41) is 3.06. The predicted molar refractivity (Wildman–Crippen MR) is 130 cm³/mol. The lowest BCUT2D eigenvalue weighted by atomic mass is 10.1. The molecule has 0 bridgehead atoms. The normalized spacial score (nSPS) is 12.1. The molecular formula is C26H23N5O2. The van der Waals surface area contributed by atoms with Crippen LogP contribution in [0.4, 0.5) is 5.82 Å². The van der Waals surface area contributed by atoms with Crippen LogP contribution in [0.2, 0.25) is 0 Å². The third kappa shape index (κ3) is 3.63. The van der Waals surface area contributed by atoms with E-state index in [9.17, 15) is 4.79 Å². The van der Waals surface area contributed by atoms with E-state index in [4.69, 9.17) is 20.4 Å². The summed E-state index contributed by atoms with van der Waals surface area (Å²) < 4.78 is 7.04. The number of methoxy groups -OCH3 is 1. The Balaban J connectivity index is 1.68. The number of fused-ring (bicyclic) bond motifs is 2. The molecule has 0 saturated carbocycles. The quantitative estimate of drug-likeness (QED) is 0.417. The molecule has 2 heterocycles. The Morgan fingerprint density at radius 1 is 0.939 bits per heavy atom. The highest BCUT2D eigenvalue weighted by Gasteiger charge is 2.26. The minimum absolute atomic E-state index is 0.203. The van der Waals surface area contributed by atoms with E-state index in [-0.39, 0.29) is 17.8 Å². The summed E-state index contributed by atoms with van der Waals surface area (Å²) in [5.41, 5.74) is 11.1. The maximum Gasteiger partial charge on any atom is 0.257 e. The molecule has 1 amide bonds. The molecule has 0 aliphatic heterocycles. The number of nitrogen functional groups attached to an aromatic ring is 1. The van der Waals surface area contributed by atoms with Crippen molar-refractivity contribution in [2.24, 2.45) is 0 Å². The average Bonchev–Trinajstić information content (AvgIpc) is 3.13. The van der Waals surface area contributed by atoms with Crippen molar-refractivity contribution in [2.45, 2.75) is 13.0 Å². The van der Waals surface area contributed by atoms with Crippen LogP contribution in [0.3, 0.4) is 0 Å². The van der Waals surface area contributed by atoms with Gasteiger partial charge < -0.3 is 15.8 Å². The zero-order valence-corrected chi connectivity index (χ0v) is 18.3. The number of nitrogens with one attached hydrogen (secondary N) is 1. The van der Waals surface area contributed by atoms with Crippen LogP contribution in [-0.2, 0) is 0 Å². The number of hydrogen-bond donors (Lipinski definition) is 2. The molecule has 164 valence electrons. The first kappa shape index (κ1) is 20.5. The van der Waals surface area contributed by atoms with Crippen molar-refractivity contribution in [3.8, 4) is 11.4 Å². The van der Waals surface area contributed by atoms with Crippen molar-refractivity contribution >= 4 is 33.9 Å². The summed E-state index contributed by atoms with van der Waals surface area (Å²) in [4.78, 5) is 23.0. The number of para-hydroxylation sites is 2. The van der Waals surface area contributed by atoms with E-state index in [1.165, 1.54) is 0 Å². The van der Waals surface area contributed by atoms with Gasteiger partial charge in [0.25, 0.3) is 5.91 Å². The molecular weight excluding hydrogens is 414 g/mol. The second-order valence-corrected chi connectivity index (χ2v) is 7.78. The highest BCUT2D eigenvalue weighted by atomic mass is 16.5. The van der Waals surface area contributed by atoms with Gasteiger partial charge in [-0.05, 0) is 48.9 Å². The van der Waals surface area contributed by atoms with Gasteiger partial charge in [0.1, 0.15) is 22.6 Å². The molecule has 33 heavy (non-hydrogen) atoms.